The van der Waals surface area contributed by atoms with Gasteiger partial charge in [-0.2, -0.15) is 26.3 Å². The highest BCUT2D eigenvalue weighted by Gasteiger charge is 2.39. The fourth-order valence-corrected chi connectivity index (χ4v) is 3.07. The Morgan fingerprint density at radius 1 is 1.09 bits per heavy atom. The number of ether oxygens (including phenoxy) is 1. The highest BCUT2D eigenvalue weighted by Crippen LogP contribution is 2.35. The molecular weight excluding hydrogens is 449 g/mol. The lowest BCUT2D eigenvalue weighted by Gasteiger charge is -2.22. The smallest absolute Gasteiger partial charge is 0.381 e. The summed E-state index contributed by atoms with van der Waals surface area (Å²) in [4.78, 5) is 19.1. The average molecular weight is 466 g/mol. The quantitative estimate of drug-likeness (QED) is 0.633. The van der Waals surface area contributed by atoms with Crippen LogP contribution in [0.15, 0.2) is 24.4 Å². The summed E-state index contributed by atoms with van der Waals surface area (Å²) in [5, 5.41) is 4.41. The number of anilines is 2. The zero-order valence-corrected chi connectivity index (χ0v) is 16.3. The second kappa shape index (κ2) is 9.27. The van der Waals surface area contributed by atoms with Crippen LogP contribution in [0.5, 0.6) is 0 Å². The molecule has 2 N–H and O–H groups in total. The van der Waals surface area contributed by atoms with Crippen LogP contribution in [-0.4, -0.2) is 35.6 Å². The van der Waals surface area contributed by atoms with E-state index in [0.717, 1.165) is 12.1 Å². The minimum absolute atomic E-state index is 0.0489. The van der Waals surface area contributed by atoms with Crippen molar-refractivity contribution in [3.05, 3.63) is 47.0 Å². The predicted octanol–water partition coefficient (Wildman–Crippen LogP) is 4.55. The topological polar surface area (TPSA) is 76.1 Å². The summed E-state index contributed by atoms with van der Waals surface area (Å²) >= 11 is 0. The molecule has 1 amide bonds. The Hall–Kier alpha value is -2.96. The highest BCUT2D eigenvalue weighted by atomic mass is 19.4. The minimum atomic E-state index is -5.07. The van der Waals surface area contributed by atoms with Gasteiger partial charge >= 0.3 is 12.4 Å². The van der Waals surface area contributed by atoms with Crippen molar-refractivity contribution < 1.29 is 40.3 Å². The molecule has 0 bridgehead atoms. The minimum Gasteiger partial charge on any atom is -0.381 e. The second-order valence-corrected chi connectivity index (χ2v) is 7.01. The lowest BCUT2D eigenvalue weighted by atomic mass is 10.0. The molecule has 3 rings (SSSR count). The Kier molecular flexibility index (Phi) is 6.86. The van der Waals surface area contributed by atoms with Crippen molar-refractivity contribution in [2.45, 2.75) is 25.2 Å². The molecule has 2 heterocycles. The molecule has 13 heteroatoms. The molecule has 1 aromatic heterocycles. The van der Waals surface area contributed by atoms with Crippen molar-refractivity contribution >= 4 is 17.5 Å². The van der Waals surface area contributed by atoms with E-state index in [0.29, 0.717) is 38.3 Å². The summed E-state index contributed by atoms with van der Waals surface area (Å²) in [5.74, 6) is -3.56. The summed E-state index contributed by atoms with van der Waals surface area (Å²) in [6, 6.07) is 2.24. The van der Waals surface area contributed by atoms with E-state index in [1.165, 1.54) is 0 Å². The largest absolute Gasteiger partial charge is 0.434 e. The van der Waals surface area contributed by atoms with Gasteiger partial charge in [-0.1, -0.05) is 6.07 Å². The summed E-state index contributed by atoms with van der Waals surface area (Å²) in [5.41, 5.74) is -4.85. The third-order valence-electron chi connectivity index (χ3n) is 4.74. The van der Waals surface area contributed by atoms with Gasteiger partial charge in [-0.05, 0) is 30.9 Å². The number of carbonyl (C=O) groups excluding carboxylic acids is 1. The van der Waals surface area contributed by atoms with Gasteiger partial charge in [-0.25, -0.2) is 14.4 Å². The average Bonchev–Trinajstić information content (AvgIpc) is 2.73. The Bertz CT molecular complexity index is 973. The lowest BCUT2D eigenvalue weighted by Crippen LogP contribution is -2.33. The van der Waals surface area contributed by atoms with Crippen molar-refractivity contribution in [1.29, 1.82) is 0 Å². The van der Waals surface area contributed by atoms with Gasteiger partial charge in [0.15, 0.2) is 11.5 Å². The maximum Gasteiger partial charge on any atom is 0.434 e. The zero-order valence-electron chi connectivity index (χ0n) is 16.3. The molecule has 1 aromatic carbocycles. The van der Waals surface area contributed by atoms with E-state index in [9.17, 15) is 35.5 Å². The standard InChI is InChI=1S/C19H17F7N4O2/c20-14-12(18(21,22)23)2-1-3-13(14)29-17-28-9-11(15(30-17)19(24,25)26)16(31)27-8-10-4-6-32-7-5-10/h1-3,9-10H,4-8H2,(H,27,31)(H,28,29,30). The van der Waals surface area contributed by atoms with E-state index in [1.807, 2.05) is 5.32 Å². The van der Waals surface area contributed by atoms with Gasteiger partial charge in [-0.15, -0.1) is 0 Å². The maximum absolute atomic E-state index is 14.1. The number of nitrogens with one attached hydrogen (secondary N) is 2. The molecule has 0 radical (unpaired) electrons. The summed E-state index contributed by atoms with van der Waals surface area (Å²) in [6.07, 6.45) is -8.20. The fourth-order valence-electron chi connectivity index (χ4n) is 3.07. The first-order valence-corrected chi connectivity index (χ1v) is 9.39. The van der Waals surface area contributed by atoms with Crippen molar-refractivity contribution in [1.82, 2.24) is 15.3 Å². The predicted molar refractivity (Wildman–Crippen MR) is 97.6 cm³/mol. The molecule has 0 aliphatic carbocycles. The molecule has 0 unspecified atom stereocenters. The van der Waals surface area contributed by atoms with Gasteiger partial charge in [0.1, 0.15) is 0 Å². The number of carbonyl (C=O) groups is 1. The van der Waals surface area contributed by atoms with Crippen LogP contribution < -0.4 is 10.6 Å². The number of hydrogen-bond acceptors (Lipinski definition) is 5. The molecule has 6 nitrogen and oxygen atoms in total. The van der Waals surface area contributed by atoms with E-state index < -0.39 is 52.5 Å². The number of benzene rings is 1. The van der Waals surface area contributed by atoms with Gasteiger partial charge in [0.05, 0.1) is 16.8 Å². The fraction of sp³-hybridized carbons (Fsp3) is 0.421. The van der Waals surface area contributed by atoms with Crippen LogP contribution in [0.2, 0.25) is 0 Å². The Balaban J connectivity index is 1.83. The highest BCUT2D eigenvalue weighted by molar-refractivity contribution is 5.95. The molecule has 32 heavy (non-hydrogen) atoms. The van der Waals surface area contributed by atoms with Crippen molar-refractivity contribution in [3.8, 4) is 0 Å². The number of halogens is 7. The van der Waals surface area contributed by atoms with Gasteiger partial charge in [0.25, 0.3) is 5.91 Å². The van der Waals surface area contributed by atoms with Crippen LogP contribution in [0.3, 0.4) is 0 Å². The molecule has 0 spiro atoms. The second-order valence-electron chi connectivity index (χ2n) is 7.01. The van der Waals surface area contributed by atoms with E-state index in [-0.39, 0.29) is 12.5 Å². The first kappa shape index (κ1) is 23.7. The number of rotatable bonds is 5. The summed E-state index contributed by atoms with van der Waals surface area (Å²) in [7, 11) is 0. The zero-order chi connectivity index (χ0) is 23.5. The number of nitrogens with zero attached hydrogens (tertiary/aromatic N) is 2. The first-order valence-electron chi connectivity index (χ1n) is 9.39. The summed E-state index contributed by atoms with van der Waals surface area (Å²) in [6.45, 7) is 1.11. The Labute approximate surface area is 177 Å². The monoisotopic (exact) mass is 466 g/mol. The molecule has 0 atom stereocenters. The van der Waals surface area contributed by atoms with E-state index in [4.69, 9.17) is 4.74 Å². The van der Waals surface area contributed by atoms with Crippen LogP contribution >= 0.6 is 0 Å². The Morgan fingerprint density at radius 2 is 1.78 bits per heavy atom. The number of aromatic nitrogens is 2. The number of hydrogen-bond donors (Lipinski definition) is 2. The first-order chi connectivity index (χ1) is 15.0. The van der Waals surface area contributed by atoms with Crippen LogP contribution in [0, 0.1) is 11.7 Å². The van der Waals surface area contributed by atoms with Crippen molar-refractivity contribution in [2.24, 2.45) is 5.92 Å². The van der Waals surface area contributed by atoms with Crippen LogP contribution in [0.4, 0.5) is 42.4 Å². The molecule has 1 fully saturated rings. The number of alkyl halides is 6. The van der Waals surface area contributed by atoms with Crippen molar-refractivity contribution in [2.75, 3.05) is 25.1 Å². The third kappa shape index (κ3) is 5.64. The molecule has 1 aliphatic rings. The molecule has 0 saturated carbocycles. The van der Waals surface area contributed by atoms with E-state index in [1.54, 1.807) is 0 Å². The van der Waals surface area contributed by atoms with Gasteiger partial charge in [-0.3, -0.25) is 4.79 Å². The molecular formula is C19H17F7N4O2. The third-order valence-corrected chi connectivity index (χ3v) is 4.74. The molecule has 1 saturated heterocycles. The van der Waals surface area contributed by atoms with Gasteiger partial charge in [0, 0.05) is 26.0 Å². The van der Waals surface area contributed by atoms with Crippen LogP contribution in [0.1, 0.15) is 34.5 Å². The maximum atomic E-state index is 14.1. The van der Waals surface area contributed by atoms with Gasteiger partial charge < -0.3 is 15.4 Å². The van der Waals surface area contributed by atoms with E-state index >= 15 is 0 Å². The van der Waals surface area contributed by atoms with Gasteiger partial charge in [0.2, 0.25) is 5.95 Å². The molecule has 1 aliphatic heterocycles. The summed E-state index contributed by atoms with van der Waals surface area (Å²) < 4.78 is 98.3. The normalized spacial score (nSPS) is 15.5. The number of amides is 1. The molecule has 174 valence electrons. The Morgan fingerprint density at radius 3 is 2.41 bits per heavy atom. The van der Waals surface area contributed by atoms with Crippen LogP contribution in [0.25, 0.3) is 0 Å². The SMILES string of the molecule is O=C(NCC1CCOCC1)c1cnc(Nc2cccc(C(F)(F)F)c2F)nc1C(F)(F)F. The van der Waals surface area contributed by atoms with E-state index in [2.05, 4.69) is 15.3 Å². The molecule has 2 aromatic rings. The van der Waals surface area contributed by atoms with Crippen molar-refractivity contribution in [3.63, 3.8) is 0 Å². The van der Waals surface area contributed by atoms with Crippen LogP contribution in [-0.2, 0) is 17.1 Å². The lowest BCUT2D eigenvalue weighted by molar-refractivity contribution is -0.141.